The molecule has 4 heteroatoms. The van der Waals surface area contributed by atoms with Crippen LogP contribution in [0, 0.1) is 6.92 Å². The summed E-state index contributed by atoms with van der Waals surface area (Å²) in [6, 6.07) is 4.52. The van der Waals surface area contributed by atoms with Crippen molar-refractivity contribution < 1.29 is 0 Å². The lowest BCUT2D eigenvalue weighted by atomic mass is 10.0. The fourth-order valence-corrected chi connectivity index (χ4v) is 2.85. The second-order valence-electron chi connectivity index (χ2n) is 4.37. The number of aryl methyl sites for hydroxylation is 1. The van der Waals surface area contributed by atoms with Crippen molar-refractivity contribution >= 4 is 11.3 Å². The number of hydrogen-bond donors (Lipinski definition) is 1. The van der Waals surface area contributed by atoms with Crippen molar-refractivity contribution in [3.05, 3.63) is 46.2 Å². The van der Waals surface area contributed by atoms with Crippen LogP contribution in [0.3, 0.4) is 0 Å². The Balaban J connectivity index is 2.13. The van der Waals surface area contributed by atoms with Gasteiger partial charge in [-0.05, 0) is 44.0 Å². The van der Waals surface area contributed by atoms with Gasteiger partial charge in [0.25, 0.3) is 0 Å². The number of pyridine rings is 1. The van der Waals surface area contributed by atoms with Gasteiger partial charge in [0.2, 0.25) is 0 Å². The van der Waals surface area contributed by atoms with Gasteiger partial charge in [-0.2, -0.15) is 0 Å². The molecule has 96 valence electrons. The van der Waals surface area contributed by atoms with Crippen molar-refractivity contribution in [3.8, 4) is 0 Å². The highest BCUT2D eigenvalue weighted by Gasteiger charge is 2.15. The minimum atomic E-state index is 0.361. The molecule has 0 aliphatic carbocycles. The quantitative estimate of drug-likeness (QED) is 0.868. The zero-order chi connectivity index (χ0) is 12.8. The van der Waals surface area contributed by atoms with Crippen molar-refractivity contribution in [1.29, 1.82) is 0 Å². The zero-order valence-electron chi connectivity index (χ0n) is 10.9. The summed E-state index contributed by atoms with van der Waals surface area (Å²) in [5.41, 5.74) is 4.38. The van der Waals surface area contributed by atoms with E-state index >= 15 is 0 Å². The summed E-state index contributed by atoms with van der Waals surface area (Å²) in [4.78, 5) is 9.77. The number of nitrogens with zero attached hydrogens (tertiary/aromatic N) is 2. The molecule has 1 unspecified atom stereocenters. The van der Waals surface area contributed by atoms with E-state index in [1.165, 1.54) is 10.4 Å². The topological polar surface area (TPSA) is 37.8 Å². The lowest BCUT2D eigenvalue weighted by molar-refractivity contribution is 0.533. The summed E-state index contributed by atoms with van der Waals surface area (Å²) >= 11 is 1.74. The Hall–Kier alpha value is -1.26. The van der Waals surface area contributed by atoms with Crippen LogP contribution in [-0.4, -0.2) is 16.5 Å². The third-order valence-corrected chi connectivity index (χ3v) is 3.97. The lowest BCUT2D eigenvalue weighted by Gasteiger charge is -2.17. The van der Waals surface area contributed by atoms with Crippen LogP contribution in [0.1, 0.15) is 35.5 Å². The molecule has 0 saturated carbocycles. The van der Waals surface area contributed by atoms with Gasteiger partial charge in [-0.25, -0.2) is 4.98 Å². The lowest BCUT2D eigenvalue weighted by Crippen LogP contribution is -2.24. The van der Waals surface area contributed by atoms with Gasteiger partial charge in [-0.15, -0.1) is 11.3 Å². The summed E-state index contributed by atoms with van der Waals surface area (Å²) in [6.45, 7) is 5.31. The van der Waals surface area contributed by atoms with E-state index in [2.05, 4.69) is 41.3 Å². The molecule has 0 bridgehead atoms. The molecule has 0 aromatic carbocycles. The van der Waals surface area contributed by atoms with Crippen LogP contribution >= 0.6 is 11.3 Å². The zero-order valence-corrected chi connectivity index (χ0v) is 11.7. The Morgan fingerprint density at radius 2 is 2.11 bits per heavy atom. The Kier molecular flexibility index (Phi) is 4.84. The Labute approximate surface area is 112 Å². The highest BCUT2D eigenvalue weighted by molar-refractivity contribution is 7.09. The first-order valence-electron chi connectivity index (χ1n) is 6.33. The largest absolute Gasteiger partial charge is 0.309 e. The van der Waals surface area contributed by atoms with Gasteiger partial charge in [-0.1, -0.05) is 6.92 Å². The summed E-state index contributed by atoms with van der Waals surface area (Å²) in [5, 5.41) is 3.61. The summed E-state index contributed by atoms with van der Waals surface area (Å²) in [6.07, 6.45) is 5.84. The van der Waals surface area contributed by atoms with Crippen LogP contribution in [0.2, 0.25) is 0 Å². The molecule has 0 aliphatic rings. The van der Waals surface area contributed by atoms with Gasteiger partial charge in [0.1, 0.15) is 0 Å². The van der Waals surface area contributed by atoms with Crippen LogP contribution in [0.5, 0.6) is 0 Å². The van der Waals surface area contributed by atoms with Crippen molar-refractivity contribution in [1.82, 2.24) is 15.3 Å². The fourth-order valence-electron chi connectivity index (χ4n) is 1.98. The van der Waals surface area contributed by atoms with E-state index in [4.69, 9.17) is 0 Å². The number of thiazole rings is 1. The summed E-state index contributed by atoms with van der Waals surface area (Å²) in [5.74, 6) is 0. The van der Waals surface area contributed by atoms with Crippen molar-refractivity contribution in [2.45, 2.75) is 32.7 Å². The molecule has 18 heavy (non-hydrogen) atoms. The summed E-state index contributed by atoms with van der Waals surface area (Å²) < 4.78 is 0. The average Bonchev–Trinajstić information content (AvgIpc) is 2.82. The minimum Gasteiger partial charge on any atom is -0.309 e. The molecule has 0 aliphatic heterocycles. The normalized spacial score (nSPS) is 12.6. The van der Waals surface area contributed by atoms with E-state index in [0.717, 1.165) is 25.1 Å². The first kappa shape index (κ1) is 13.2. The molecule has 1 atom stereocenters. The van der Waals surface area contributed by atoms with Gasteiger partial charge in [0.15, 0.2) is 0 Å². The summed E-state index contributed by atoms with van der Waals surface area (Å²) in [7, 11) is 0. The van der Waals surface area contributed by atoms with Crippen molar-refractivity contribution in [2.75, 3.05) is 6.54 Å². The van der Waals surface area contributed by atoms with Gasteiger partial charge in [-0.3, -0.25) is 4.98 Å². The second kappa shape index (κ2) is 6.61. The molecule has 0 fully saturated rings. The maximum Gasteiger partial charge on any atom is 0.0798 e. The predicted octanol–water partition coefficient (Wildman–Crippen LogP) is 3.13. The van der Waals surface area contributed by atoms with Crippen LogP contribution < -0.4 is 5.32 Å². The van der Waals surface area contributed by atoms with Gasteiger partial charge >= 0.3 is 0 Å². The Morgan fingerprint density at radius 3 is 2.72 bits per heavy atom. The van der Waals surface area contributed by atoms with Crippen LogP contribution in [-0.2, 0) is 6.42 Å². The number of aromatic nitrogens is 2. The number of rotatable bonds is 6. The Morgan fingerprint density at radius 1 is 1.33 bits per heavy atom. The van der Waals surface area contributed by atoms with E-state index in [1.807, 2.05) is 17.9 Å². The molecule has 0 radical (unpaired) electrons. The van der Waals surface area contributed by atoms with E-state index in [0.29, 0.717) is 6.04 Å². The van der Waals surface area contributed by atoms with Crippen molar-refractivity contribution in [2.24, 2.45) is 0 Å². The molecule has 0 spiro atoms. The van der Waals surface area contributed by atoms with Gasteiger partial charge < -0.3 is 5.32 Å². The van der Waals surface area contributed by atoms with Crippen LogP contribution in [0.25, 0.3) is 0 Å². The van der Waals surface area contributed by atoms with E-state index in [9.17, 15) is 0 Å². The average molecular weight is 261 g/mol. The smallest absolute Gasteiger partial charge is 0.0798 e. The third kappa shape index (κ3) is 3.37. The molecule has 0 amide bonds. The van der Waals surface area contributed by atoms with E-state index in [-0.39, 0.29) is 0 Å². The number of hydrogen-bond acceptors (Lipinski definition) is 4. The fraction of sp³-hybridized carbons (Fsp3) is 0.429. The molecular formula is C14H19N3S. The van der Waals surface area contributed by atoms with Crippen LogP contribution in [0.4, 0.5) is 0 Å². The maximum atomic E-state index is 4.35. The first-order valence-corrected chi connectivity index (χ1v) is 7.21. The third-order valence-electron chi connectivity index (χ3n) is 2.93. The molecule has 3 nitrogen and oxygen atoms in total. The van der Waals surface area contributed by atoms with Gasteiger partial charge in [0, 0.05) is 23.3 Å². The molecule has 0 saturated heterocycles. The first-order chi connectivity index (χ1) is 8.81. The monoisotopic (exact) mass is 261 g/mol. The molecule has 2 heterocycles. The van der Waals surface area contributed by atoms with E-state index < -0.39 is 0 Å². The second-order valence-corrected chi connectivity index (χ2v) is 5.25. The number of nitrogens with one attached hydrogen (secondary N) is 1. The predicted molar refractivity (Wildman–Crippen MR) is 75.8 cm³/mol. The molecule has 2 rings (SSSR count). The van der Waals surface area contributed by atoms with Crippen molar-refractivity contribution in [3.63, 3.8) is 0 Å². The van der Waals surface area contributed by atoms with Crippen LogP contribution in [0.15, 0.2) is 30.0 Å². The Bertz CT molecular complexity index is 467. The highest BCUT2D eigenvalue weighted by Crippen LogP contribution is 2.24. The van der Waals surface area contributed by atoms with Gasteiger partial charge in [0.05, 0.1) is 11.2 Å². The molecular weight excluding hydrogens is 242 g/mol. The van der Waals surface area contributed by atoms with E-state index in [1.54, 1.807) is 11.3 Å². The SMILES string of the molecule is CCCNC(Cc1ccncc1)c1scnc1C. The molecule has 2 aromatic heterocycles. The highest BCUT2D eigenvalue weighted by atomic mass is 32.1. The molecule has 1 N–H and O–H groups in total. The minimum absolute atomic E-state index is 0.361. The maximum absolute atomic E-state index is 4.35. The molecule has 2 aromatic rings. The standard InChI is InChI=1S/C14H19N3S/c1-3-6-16-13(14-11(2)17-10-18-14)9-12-4-7-15-8-5-12/h4-5,7-8,10,13,16H,3,6,9H2,1-2H3.